The number of esters is 1. The third kappa shape index (κ3) is 5.30. The molecule has 0 saturated carbocycles. The Morgan fingerprint density at radius 3 is 2.32 bits per heavy atom. The van der Waals surface area contributed by atoms with Crippen LogP contribution in [-0.2, 0) is 19.6 Å². The summed E-state index contributed by atoms with van der Waals surface area (Å²) in [7, 11) is -1.00. The molecule has 0 amide bonds. The first-order chi connectivity index (χ1) is 13.3. The third-order valence-corrected chi connectivity index (χ3v) is 5.35. The number of hydrogen-bond acceptors (Lipinski definition) is 7. The van der Waals surface area contributed by atoms with Gasteiger partial charge in [0, 0.05) is 6.07 Å². The molecule has 0 saturated heterocycles. The molecule has 0 unspecified atom stereocenters. The second kappa shape index (κ2) is 9.34. The Bertz CT molecular complexity index is 942. The van der Waals surface area contributed by atoms with Crippen LogP contribution in [0.2, 0.25) is 0 Å². The van der Waals surface area contributed by atoms with E-state index in [-0.39, 0.29) is 16.2 Å². The highest BCUT2D eigenvalue weighted by atomic mass is 32.2. The fourth-order valence-electron chi connectivity index (χ4n) is 2.32. The summed E-state index contributed by atoms with van der Waals surface area (Å²) in [5.74, 6) is -0.584. The van der Waals surface area contributed by atoms with Gasteiger partial charge in [0.2, 0.25) is 15.8 Å². The first kappa shape index (κ1) is 21.4. The van der Waals surface area contributed by atoms with Crippen LogP contribution < -0.4 is 14.2 Å². The Morgan fingerprint density at radius 2 is 1.71 bits per heavy atom. The molecule has 0 fully saturated rings. The van der Waals surface area contributed by atoms with E-state index >= 15 is 0 Å². The van der Waals surface area contributed by atoms with Crippen molar-refractivity contribution in [2.45, 2.75) is 17.9 Å². The van der Waals surface area contributed by atoms with Gasteiger partial charge in [-0.3, -0.25) is 9.59 Å². The molecular formula is C19H21NO7S. The largest absolute Gasteiger partial charge is 0.497 e. The number of nitrogens with one attached hydrogen (secondary N) is 1. The number of methoxy groups -OCH3 is 2. The van der Waals surface area contributed by atoms with Gasteiger partial charge in [-0.1, -0.05) is 18.2 Å². The van der Waals surface area contributed by atoms with Crippen molar-refractivity contribution in [3.05, 3.63) is 54.1 Å². The number of ether oxygens (including phenoxy) is 3. The fraction of sp³-hybridized carbons (Fsp3) is 0.263. The van der Waals surface area contributed by atoms with Gasteiger partial charge in [0.05, 0.1) is 24.7 Å². The summed E-state index contributed by atoms with van der Waals surface area (Å²) < 4.78 is 41.9. The molecule has 0 aliphatic rings. The maximum atomic E-state index is 12.3. The normalized spacial score (nSPS) is 12.1. The zero-order valence-electron chi connectivity index (χ0n) is 15.7. The number of carbonyl (C=O) groups excluding carboxylic acids is 2. The van der Waals surface area contributed by atoms with Crippen LogP contribution >= 0.6 is 0 Å². The van der Waals surface area contributed by atoms with E-state index in [2.05, 4.69) is 4.72 Å². The zero-order chi connectivity index (χ0) is 20.7. The molecule has 0 aromatic heterocycles. The van der Waals surface area contributed by atoms with E-state index in [9.17, 15) is 18.0 Å². The molecule has 0 aliphatic heterocycles. The predicted molar refractivity (Wildman–Crippen MR) is 101 cm³/mol. The predicted octanol–water partition coefficient (Wildman–Crippen LogP) is 1.80. The summed E-state index contributed by atoms with van der Waals surface area (Å²) in [6.45, 7) is 0.778. The van der Waals surface area contributed by atoms with Crippen molar-refractivity contribution in [3.8, 4) is 11.5 Å². The molecule has 1 N–H and O–H groups in total. The average Bonchev–Trinajstić information content (AvgIpc) is 2.71. The molecule has 0 aliphatic carbocycles. The van der Waals surface area contributed by atoms with E-state index in [0.717, 1.165) is 0 Å². The second-order valence-corrected chi connectivity index (χ2v) is 7.47. The summed E-state index contributed by atoms with van der Waals surface area (Å²) in [6.07, 6.45) is 0. The number of sulfonamides is 1. The minimum absolute atomic E-state index is 0.0219. The molecule has 1 atom stereocenters. The Hall–Kier alpha value is -2.91. The van der Waals surface area contributed by atoms with Crippen LogP contribution in [0.1, 0.15) is 17.3 Å². The van der Waals surface area contributed by atoms with Gasteiger partial charge in [-0.2, -0.15) is 4.72 Å². The smallest absolute Gasteiger partial charge is 0.324 e. The SMILES string of the molecule is COc1ccc(C(=O)COC(=O)[C@H](C)NS(=O)(=O)c2ccccc2)c(OC)c1. The molecule has 8 nitrogen and oxygen atoms in total. The van der Waals surface area contributed by atoms with E-state index < -0.39 is 34.4 Å². The summed E-state index contributed by atoms with van der Waals surface area (Å²) in [5.41, 5.74) is 0.216. The van der Waals surface area contributed by atoms with Crippen LogP contribution in [0.25, 0.3) is 0 Å². The summed E-state index contributed by atoms with van der Waals surface area (Å²) in [6, 6.07) is 11.1. The topological polar surface area (TPSA) is 108 Å². The van der Waals surface area contributed by atoms with Crippen molar-refractivity contribution >= 4 is 21.8 Å². The Morgan fingerprint density at radius 1 is 1.04 bits per heavy atom. The van der Waals surface area contributed by atoms with Crippen LogP contribution in [0.5, 0.6) is 11.5 Å². The molecule has 150 valence electrons. The van der Waals surface area contributed by atoms with E-state index in [4.69, 9.17) is 14.2 Å². The number of Topliss-reactive ketones (excluding diaryl/α,β-unsaturated/α-hetero) is 1. The van der Waals surface area contributed by atoms with Crippen LogP contribution in [0.4, 0.5) is 0 Å². The van der Waals surface area contributed by atoms with Crippen molar-refractivity contribution < 1.29 is 32.2 Å². The third-order valence-electron chi connectivity index (χ3n) is 3.79. The Balaban J connectivity index is 1.99. The maximum absolute atomic E-state index is 12.3. The van der Waals surface area contributed by atoms with E-state index in [1.165, 1.54) is 45.4 Å². The lowest BCUT2D eigenvalue weighted by Gasteiger charge is -2.14. The van der Waals surface area contributed by atoms with Crippen LogP contribution in [0.3, 0.4) is 0 Å². The van der Waals surface area contributed by atoms with E-state index in [1.54, 1.807) is 24.3 Å². The molecule has 0 spiro atoms. The van der Waals surface area contributed by atoms with Crippen molar-refractivity contribution in [3.63, 3.8) is 0 Å². The lowest BCUT2D eigenvalue weighted by atomic mass is 10.1. The molecule has 9 heteroatoms. The number of ketones is 1. The Labute approximate surface area is 163 Å². The first-order valence-electron chi connectivity index (χ1n) is 8.27. The van der Waals surface area contributed by atoms with Crippen molar-refractivity contribution in [2.24, 2.45) is 0 Å². The quantitative estimate of drug-likeness (QED) is 0.499. The van der Waals surface area contributed by atoms with Crippen molar-refractivity contribution in [1.82, 2.24) is 4.72 Å². The number of hydrogen-bond donors (Lipinski definition) is 1. The van der Waals surface area contributed by atoms with E-state index in [1.807, 2.05) is 0 Å². The molecule has 2 aromatic carbocycles. The van der Waals surface area contributed by atoms with Gasteiger partial charge in [0.25, 0.3) is 0 Å². The first-order valence-corrected chi connectivity index (χ1v) is 9.76. The molecule has 0 radical (unpaired) electrons. The van der Waals surface area contributed by atoms with Gasteiger partial charge in [-0.05, 0) is 31.2 Å². The highest BCUT2D eigenvalue weighted by Crippen LogP contribution is 2.25. The maximum Gasteiger partial charge on any atom is 0.324 e. The average molecular weight is 407 g/mol. The van der Waals surface area contributed by atoms with Crippen LogP contribution in [0.15, 0.2) is 53.4 Å². The van der Waals surface area contributed by atoms with Crippen molar-refractivity contribution in [2.75, 3.05) is 20.8 Å². The van der Waals surface area contributed by atoms with Gasteiger partial charge >= 0.3 is 5.97 Å². The summed E-state index contributed by atoms with van der Waals surface area (Å²) >= 11 is 0. The number of carbonyl (C=O) groups is 2. The Kier molecular flexibility index (Phi) is 7.13. The van der Waals surface area contributed by atoms with Crippen molar-refractivity contribution in [1.29, 1.82) is 0 Å². The summed E-state index contributed by atoms with van der Waals surface area (Å²) in [4.78, 5) is 24.4. The highest BCUT2D eigenvalue weighted by Gasteiger charge is 2.24. The minimum atomic E-state index is -3.88. The standard InChI is InChI=1S/C19H21NO7S/c1-13(20-28(23,24)15-7-5-4-6-8-15)19(22)27-12-17(21)16-10-9-14(25-2)11-18(16)26-3/h4-11,13,20H,12H2,1-3H3/t13-/m0/s1. The number of rotatable bonds is 9. The fourth-order valence-corrected chi connectivity index (χ4v) is 3.53. The van der Waals surface area contributed by atoms with Gasteiger partial charge < -0.3 is 14.2 Å². The monoisotopic (exact) mass is 407 g/mol. The van der Waals surface area contributed by atoms with Gasteiger partial charge in [-0.25, -0.2) is 8.42 Å². The van der Waals surface area contributed by atoms with Crippen LogP contribution in [-0.4, -0.2) is 47.0 Å². The second-order valence-electron chi connectivity index (χ2n) is 5.75. The minimum Gasteiger partial charge on any atom is -0.497 e. The molecular weight excluding hydrogens is 386 g/mol. The van der Waals surface area contributed by atoms with Gasteiger partial charge in [0.1, 0.15) is 17.5 Å². The van der Waals surface area contributed by atoms with E-state index in [0.29, 0.717) is 5.75 Å². The molecule has 2 rings (SSSR count). The lowest BCUT2D eigenvalue weighted by molar-refractivity contribution is -0.144. The lowest BCUT2D eigenvalue weighted by Crippen LogP contribution is -2.40. The molecule has 28 heavy (non-hydrogen) atoms. The summed E-state index contributed by atoms with van der Waals surface area (Å²) in [5, 5.41) is 0. The van der Waals surface area contributed by atoms with Crippen LogP contribution in [0, 0.1) is 0 Å². The number of benzene rings is 2. The van der Waals surface area contributed by atoms with Gasteiger partial charge in [0.15, 0.2) is 6.61 Å². The van der Waals surface area contributed by atoms with Gasteiger partial charge in [-0.15, -0.1) is 0 Å². The molecule has 0 heterocycles. The zero-order valence-corrected chi connectivity index (χ0v) is 16.5. The molecule has 2 aromatic rings. The molecule has 0 bridgehead atoms. The highest BCUT2D eigenvalue weighted by molar-refractivity contribution is 7.89.